The summed E-state index contributed by atoms with van der Waals surface area (Å²) >= 11 is 0. The van der Waals surface area contributed by atoms with Crippen LogP contribution >= 0.6 is 0 Å². The van der Waals surface area contributed by atoms with Crippen LogP contribution < -0.4 is 4.90 Å². The Kier molecular flexibility index (Phi) is 5.17. The molecule has 0 atom stereocenters. The Morgan fingerprint density at radius 3 is 2.44 bits per heavy atom. The van der Waals surface area contributed by atoms with Crippen LogP contribution in [0.3, 0.4) is 0 Å². The number of aromatic nitrogens is 2. The van der Waals surface area contributed by atoms with Crippen LogP contribution in [-0.2, 0) is 16.0 Å². The number of benzene rings is 1. The number of ketones is 1. The van der Waals surface area contributed by atoms with E-state index in [1.54, 1.807) is 19.9 Å². The standard InChI is InChI=1S/C21H25N3O3/c1-5-16-7-9-17(10-8-16)24(21(11-12-21)15(4)25)14(3)18-13-19(23-22-18)20(26)27-6-2/h7-10,13H,3,5-6,11-12H2,1-2,4H3,(H,22,23). The van der Waals surface area contributed by atoms with Gasteiger partial charge in [0.1, 0.15) is 16.9 Å². The van der Waals surface area contributed by atoms with Crippen molar-refractivity contribution in [3.63, 3.8) is 0 Å². The van der Waals surface area contributed by atoms with Crippen molar-refractivity contribution in [3.05, 3.63) is 53.9 Å². The molecule has 1 N–H and O–H groups in total. The van der Waals surface area contributed by atoms with Crippen LogP contribution in [0, 0.1) is 0 Å². The Balaban J connectivity index is 1.97. The van der Waals surface area contributed by atoms with Crippen LogP contribution in [0.5, 0.6) is 0 Å². The normalized spacial score (nSPS) is 14.5. The van der Waals surface area contributed by atoms with Crippen molar-refractivity contribution in [1.29, 1.82) is 0 Å². The number of anilines is 1. The van der Waals surface area contributed by atoms with Gasteiger partial charge in [-0.1, -0.05) is 25.6 Å². The molecule has 2 aromatic rings. The molecule has 6 heteroatoms. The molecular formula is C21H25N3O3. The number of carbonyl (C=O) groups excluding carboxylic acids is 2. The minimum Gasteiger partial charge on any atom is -0.461 e. The summed E-state index contributed by atoms with van der Waals surface area (Å²) in [4.78, 5) is 26.3. The fraction of sp³-hybridized carbons (Fsp3) is 0.381. The summed E-state index contributed by atoms with van der Waals surface area (Å²) in [6.07, 6.45) is 2.49. The number of H-pyrrole nitrogens is 1. The molecule has 0 radical (unpaired) electrons. The summed E-state index contributed by atoms with van der Waals surface area (Å²) in [5.41, 5.74) is 2.89. The third-order valence-electron chi connectivity index (χ3n) is 5.05. The molecule has 1 aliphatic carbocycles. The van der Waals surface area contributed by atoms with E-state index in [1.165, 1.54) is 5.56 Å². The summed E-state index contributed by atoms with van der Waals surface area (Å²) in [5, 5.41) is 6.92. The van der Waals surface area contributed by atoms with Crippen LogP contribution in [0.15, 0.2) is 36.9 Å². The molecule has 1 aromatic carbocycles. The van der Waals surface area contributed by atoms with Crippen LogP contribution in [-0.4, -0.2) is 34.1 Å². The second-order valence-electron chi connectivity index (χ2n) is 6.78. The maximum Gasteiger partial charge on any atom is 0.356 e. The van der Waals surface area contributed by atoms with Crippen molar-refractivity contribution < 1.29 is 14.3 Å². The number of aryl methyl sites for hydroxylation is 1. The van der Waals surface area contributed by atoms with Gasteiger partial charge >= 0.3 is 5.97 Å². The Hall–Kier alpha value is -2.89. The van der Waals surface area contributed by atoms with E-state index < -0.39 is 11.5 Å². The van der Waals surface area contributed by atoms with Crippen molar-refractivity contribution in [2.24, 2.45) is 0 Å². The fourth-order valence-electron chi connectivity index (χ4n) is 3.29. The van der Waals surface area contributed by atoms with Crippen LogP contribution in [0.4, 0.5) is 5.69 Å². The summed E-state index contributed by atoms with van der Waals surface area (Å²) in [7, 11) is 0. The summed E-state index contributed by atoms with van der Waals surface area (Å²) in [6, 6.07) is 9.74. The van der Waals surface area contributed by atoms with Crippen molar-refractivity contribution in [3.8, 4) is 0 Å². The van der Waals surface area contributed by atoms with Gasteiger partial charge in [0.25, 0.3) is 0 Å². The number of nitrogens with one attached hydrogen (secondary N) is 1. The van der Waals surface area contributed by atoms with Crippen molar-refractivity contribution in [2.45, 2.75) is 45.6 Å². The predicted octanol–water partition coefficient (Wildman–Crippen LogP) is 3.75. The lowest BCUT2D eigenvalue weighted by atomic mass is 10.0. The Bertz CT molecular complexity index is 863. The molecule has 0 bridgehead atoms. The largest absolute Gasteiger partial charge is 0.461 e. The topological polar surface area (TPSA) is 75.3 Å². The number of carbonyl (C=O) groups is 2. The van der Waals surface area contributed by atoms with Gasteiger partial charge in [-0.05, 0) is 50.8 Å². The summed E-state index contributed by atoms with van der Waals surface area (Å²) in [6.45, 7) is 9.94. The Labute approximate surface area is 159 Å². The Morgan fingerprint density at radius 1 is 1.26 bits per heavy atom. The molecule has 1 aromatic heterocycles. The minimum absolute atomic E-state index is 0.101. The molecule has 1 saturated carbocycles. The first-order chi connectivity index (χ1) is 12.9. The van der Waals surface area contributed by atoms with Gasteiger partial charge in [-0.3, -0.25) is 9.89 Å². The molecule has 0 saturated heterocycles. The fourth-order valence-corrected chi connectivity index (χ4v) is 3.29. The third-order valence-corrected chi connectivity index (χ3v) is 5.05. The number of nitrogens with zero attached hydrogens (tertiary/aromatic N) is 2. The van der Waals surface area contributed by atoms with E-state index in [4.69, 9.17) is 4.74 Å². The highest BCUT2D eigenvalue weighted by Crippen LogP contribution is 2.48. The second-order valence-corrected chi connectivity index (χ2v) is 6.78. The molecule has 1 fully saturated rings. The van der Waals surface area contributed by atoms with E-state index in [9.17, 15) is 9.59 Å². The lowest BCUT2D eigenvalue weighted by molar-refractivity contribution is -0.118. The number of esters is 1. The van der Waals surface area contributed by atoms with Gasteiger partial charge < -0.3 is 9.64 Å². The first kappa shape index (κ1) is 18.9. The number of hydrogen-bond acceptors (Lipinski definition) is 5. The van der Waals surface area contributed by atoms with Gasteiger partial charge in [-0.2, -0.15) is 5.10 Å². The molecule has 3 rings (SSSR count). The van der Waals surface area contributed by atoms with Crippen molar-refractivity contribution in [2.75, 3.05) is 11.5 Å². The average molecular weight is 367 g/mol. The first-order valence-corrected chi connectivity index (χ1v) is 9.25. The molecule has 0 unspecified atom stereocenters. The lowest BCUT2D eigenvalue weighted by Crippen LogP contribution is -2.41. The molecule has 27 heavy (non-hydrogen) atoms. The number of rotatable bonds is 8. The average Bonchev–Trinajstić information content (AvgIpc) is 3.30. The Morgan fingerprint density at radius 2 is 1.93 bits per heavy atom. The highest BCUT2D eigenvalue weighted by Gasteiger charge is 2.53. The zero-order chi connectivity index (χ0) is 19.6. The predicted molar refractivity (Wildman–Crippen MR) is 105 cm³/mol. The van der Waals surface area contributed by atoms with Crippen molar-refractivity contribution >= 4 is 23.1 Å². The number of Topliss-reactive ketones (excluding diaryl/α,β-unsaturated/α-hetero) is 1. The minimum atomic E-state index is -0.589. The van der Waals surface area contributed by atoms with Crippen LogP contribution in [0.2, 0.25) is 0 Å². The van der Waals surface area contributed by atoms with Gasteiger partial charge in [0, 0.05) is 11.8 Å². The van der Waals surface area contributed by atoms with Crippen LogP contribution in [0.25, 0.3) is 5.70 Å². The molecule has 1 heterocycles. The molecule has 0 amide bonds. The lowest BCUT2D eigenvalue weighted by Gasteiger charge is -2.33. The quantitative estimate of drug-likeness (QED) is 0.719. The maximum atomic E-state index is 12.4. The first-order valence-electron chi connectivity index (χ1n) is 9.25. The monoisotopic (exact) mass is 367 g/mol. The zero-order valence-corrected chi connectivity index (χ0v) is 16.0. The van der Waals surface area contributed by atoms with E-state index in [1.807, 2.05) is 17.0 Å². The SMILES string of the molecule is C=C(c1cc(C(=O)OCC)[nH]n1)N(c1ccc(CC)cc1)C1(C(C)=O)CC1. The zero-order valence-electron chi connectivity index (χ0n) is 16.0. The number of ether oxygens (including phenoxy) is 1. The highest BCUT2D eigenvalue weighted by molar-refractivity contribution is 5.98. The van der Waals surface area contributed by atoms with Gasteiger partial charge in [-0.25, -0.2) is 4.79 Å². The van der Waals surface area contributed by atoms with Gasteiger partial charge in [0.05, 0.1) is 12.3 Å². The summed E-state index contributed by atoms with van der Waals surface area (Å²) in [5.74, 6) is -0.361. The third kappa shape index (κ3) is 3.52. The molecule has 0 aliphatic heterocycles. The number of aromatic amines is 1. The van der Waals surface area contributed by atoms with E-state index in [2.05, 4.69) is 35.8 Å². The molecule has 6 nitrogen and oxygen atoms in total. The maximum absolute atomic E-state index is 12.4. The molecule has 1 aliphatic rings. The second kappa shape index (κ2) is 7.39. The molecule has 0 spiro atoms. The molecular weight excluding hydrogens is 342 g/mol. The van der Waals surface area contributed by atoms with Gasteiger partial charge in [0.15, 0.2) is 5.78 Å². The molecule has 142 valence electrons. The van der Waals surface area contributed by atoms with Crippen molar-refractivity contribution in [1.82, 2.24) is 10.2 Å². The van der Waals surface area contributed by atoms with E-state index in [0.717, 1.165) is 24.9 Å². The van der Waals surface area contributed by atoms with E-state index >= 15 is 0 Å². The van der Waals surface area contributed by atoms with E-state index in [-0.39, 0.29) is 18.1 Å². The van der Waals surface area contributed by atoms with Gasteiger partial charge in [0.2, 0.25) is 0 Å². The van der Waals surface area contributed by atoms with E-state index in [0.29, 0.717) is 11.4 Å². The highest BCUT2D eigenvalue weighted by atomic mass is 16.5. The summed E-state index contributed by atoms with van der Waals surface area (Å²) < 4.78 is 5.00. The van der Waals surface area contributed by atoms with Gasteiger partial charge in [-0.15, -0.1) is 0 Å². The number of hydrogen-bond donors (Lipinski definition) is 1. The van der Waals surface area contributed by atoms with Crippen LogP contribution in [0.1, 0.15) is 55.4 Å². The smallest absolute Gasteiger partial charge is 0.356 e.